The SMILES string of the molecule is Cc1ncsc1-c1ccc([C@H](C)NC(=O)C2C[C@@H](O)CN2C(=O)[C@@H](NC(=O)CCCCc2ccc(CO[C@H](C)[C@H](CCC(N)=O)NC(=O)[C@@H]3Cc4cccc5c4N3C(=O)[C@@H](N)CC5)cc2F)C(C)(C)C)cc1. The molecule has 1 fully saturated rings. The normalized spacial score (nSPS) is 20.3. The molecular formula is C54H69FN8O8S. The Morgan fingerprint density at radius 1 is 0.958 bits per heavy atom. The van der Waals surface area contributed by atoms with Crippen LogP contribution in [-0.4, -0.2) is 99.4 Å². The molecule has 0 spiro atoms. The topological polar surface area (TPSA) is 239 Å². The van der Waals surface area contributed by atoms with Gasteiger partial charge in [-0.1, -0.05) is 75.4 Å². The number of ether oxygens (including phenoxy) is 1. The third-order valence-corrected chi connectivity index (χ3v) is 15.1. The number of carbonyl (C=O) groups is 6. The largest absolute Gasteiger partial charge is 0.391 e. The third kappa shape index (κ3) is 12.7. The molecule has 7 rings (SSSR count). The molecule has 1 saturated heterocycles. The van der Waals surface area contributed by atoms with E-state index in [4.69, 9.17) is 16.2 Å². The van der Waals surface area contributed by atoms with Gasteiger partial charge in [-0.3, -0.25) is 33.7 Å². The fourth-order valence-electron chi connectivity index (χ4n) is 9.94. The number of rotatable bonds is 20. The summed E-state index contributed by atoms with van der Waals surface area (Å²) in [5, 5.41) is 19.6. The van der Waals surface area contributed by atoms with Crippen molar-refractivity contribution in [3.8, 4) is 10.4 Å². The highest BCUT2D eigenvalue weighted by Gasteiger charge is 2.46. The van der Waals surface area contributed by atoms with E-state index in [0.29, 0.717) is 49.7 Å². The molecule has 3 aromatic carbocycles. The van der Waals surface area contributed by atoms with E-state index in [9.17, 15) is 33.9 Å². The standard InChI is InChI=1S/C54H69FN8O8S/c1-30(34-16-18-37(19-17-34)48-31(2)58-29-72-48)59-50(67)43-26-39(64)27-62(43)53(70)49(54(4,5)6)61-46(66)13-8-7-10-35-15-14-33(24-40(35)55)28-71-32(3)42(22-23-45(57)65)60-51(68)44-25-38-12-9-11-36-20-21-41(56)52(69)63(44)47(36)38/h9,11-12,14-19,24,29-30,32,39,41-44,49,64H,7-8,10,13,20-23,25-28,56H2,1-6H3,(H2,57,65)(H,59,67)(H,60,68)(H,61,66)/t30-,32+,39+,41-,42-,43?,44-,49+/m0/s1. The number of para-hydroxylation sites is 1. The monoisotopic (exact) mass is 1010 g/mol. The summed E-state index contributed by atoms with van der Waals surface area (Å²) in [6.07, 6.45) is 1.48. The van der Waals surface area contributed by atoms with Crippen LogP contribution in [0.1, 0.15) is 119 Å². The molecule has 386 valence electrons. The van der Waals surface area contributed by atoms with Gasteiger partial charge in [-0.05, 0) is 104 Å². The van der Waals surface area contributed by atoms with Gasteiger partial charge in [0.15, 0.2) is 0 Å². The number of nitrogens with zero attached hydrogens (tertiary/aromatic N) is 3. The van der Waals surface area contributed by atoms with Gasteiger partial charge in [0, 0.05) is 32.2 Å². The van der Waals surface area contributed by atoms with Gasteiger partial charge in [-0.15, -0.1) is 11.3 Å². The summed E-state index contributed by atoms with van der Waals surface area (Å²) in [5.74, 6) is -2.89. The summed E-state index contributed by atoms with van der Waals surface area (Å²) in [6.45, 7) is 11.0. The summed E-state index contributed by atoms with van der Waals surface area (Å²) in [4.78, 5) is 88.7. The maximum absolute atomic E-state index is 15.5. The van der Waals surface area contributed by atoms with Crippen LogP contribution in [-0.2, 0) is 59.4 Å². The minimum atomic E-state index is -0.978. The van der Waals surface area contributed by atoms with Gasteiger partial charge in [0.25, 0.3) is 0 Å². The number of unbranched alkanes of at least 4 members (excludes halogenated alkanes) is 1. The Bertz CT molecular complexity index is 2640. The van der Waals surface area contributed by atoms with E-state index in [1.807, 2.05) is 77.1 Å². The summed E-state index contributed by atoms with van der Waals surface area (Å²) < 4.78 is 21.6. The van der Waals surface area contributed by atoms with Crippen molar-refractivity contribution in [2.75, 3.05) is 11.4 Å². The van der Waals surface area contributed by atoms with Crippen molar-refractivity contribution in [2.24, 2.45) is 16.9 Å². The van der Waals surface area contributed by atoms with Crippen LogP contribution >= 0.6 is 11.3 Å². The Hall–Kier alpha value is -6.08. The smallest absolute Gasteiger partial charge is 0.246 e. The lowest BCUT2D eigenvalue weighted by Gasteiger charge is -2.35. The molecule has 0 radical (unpaired) electrons. The number of thiazole rings is 1. The van der Waals surface area contributed by atoms with E-state index in [1.54, 1.807) is 35.9 Å². The summed E-state index contributed by atoms with van der Waals surface area (Å²) >= 11 is 1.56. The third-order valence-electron chi connectivity index (χ3n) is 14.1. The van der Waals surface area contributed by atoms with Crippen molar-refractivity contribution in [1.82, 2.24) is 25.8 Å². The molecule has 0 saturated carbocycles. The Labute approximate surface area is 424 Å². The number of hydrogen-bond acceptors (Lipinski definition) is 11. The maximum atomic E-state index is 15.5. The molecule has 8 N–H and O–H groups in total. The zero-order valence-electron chi connectivity index (χ0n) is 42.0. The van der Waals surface area contributed by atoms with E-state index in [2.05, 4.69) is 20.9 Å². The maximum Gasteiger partial charge on any atom is 0.246 e. The van der Waals surface area contributed by atoms with Gasteiger partial charge in [0.05, 0.1) is 58.7 Å². The number of aromatic nitrogens is 1. The van der Waals surface area contributed by atoms with Crippen molar-refractivity contribution >= 4 is 52.5 Å². The van der Waals surface area contributed by atoms with Crippen molar-refractivity contribution in [1.29, 1.82) is 0 Å². The zero-order chi connectivity index (χ0) is 52.0. The molecule has 8 atom stereocenters. The number of nitrogens with two attached hydrogens (primary N) is 2. The first-order valence-corrected chi connectivity index (χ1v) is 25.8. The minimum absolute atomic E-state index is 0.0108. The number of anilines is 1. The van der Waals surface area contributed by atoms with Gasteiger partial charge in [-0.2, -0.15) is 0 Å². The molecule has 0 bridgehead atoms. The molecule has 3 aliphatic rings. The lowest BCUT2D eigenvalue weighted by atomic mass is 9.85. The molecule has 4 aromatic rings. The lowest BCUT2D eigenvalue weighted by molar-refractivity contribution is -0.144. The molecule has 72 heavy (non-hydrogen) atoms. The predicted octanol–water partition coefficient (Wildman–Crippen LogP) is 5.23. The molecule has 4 heterocycles. The number of aryl methyl sites for hydroxylation is 3. The van der Waals surface area contributed by atoms with Crippen molar-refractivity contribution < 1.29 is 43.0 Å². The fraction of sp³-hybridized carbons (Fsp3) is 0.500. The highest BCUT2D eigenvalue weighted by Crippen LogP contribution is 2.39. The number of β-amino-alcohol motifs (C(OH)–C–C–N with tert-alkyl or cyclic N) is 1. The molecule has 18 heteroatoms. The second-order valence-corrected chi connectivity index (χ2v) is 21.5. The van der Waals surface area contributed by atoms with Crippen LogP contribution in [0, 0.1) is 18.2 Å². The number of nitrogens with one attached hydrogen (secondary N) is 3. The van der Waals surface area contributed by atoms with Gasteiger partial charge >= 0.3 is 0 Å². The van der Waals surface area contributed by atoms with E-state index >= 15 is 4.39 Å². The van der Waals surface area contributed by atoms with Gasteiger partial charge in [-0.25, -0.2) is 9.37 Å². The number of hydrogen-bond donors (Lipinski definition) is 6. The molecule has 0 aliphatic carbocycles. The van der Waals surface area contributed by atoms with Crippen LogP contribution in [0.4, 0.5) is 10.1 Å². The van der Waals surface area contributed by atoms with E-state index in [-0.39, 0.29) is 56.7 Å². The second kappa shape index (κ2) is 23.2. The molecule has 1 unspecified atom stereocenters. The number of likely N-dealkylation sites (tertiary alicyclic amines) is 1. The van der Waals surface area contributed by atoms with Crippen LogP contribution < -0.4 is 32.3 Å². The Morgan fingerprint density at radius 3 is 2.36 bits per heavy atom. The molecule has 3 aliphatic heterocycles. The van der Waals surface area contributed by atoms with Gasteiger partial charge in [0.2, 0.25) is 35.4 Å². The Morgan fingerprint density at radius 2 is 1.68 bits per heavy atom. The predicted molar refractivity (Wildman–Crippen MR) is 273 cm³/mol. The van der Waals surface area contributed by atoms with Crippen LogP contribution in [0.25, 0.3) is 10.4 Å². The number of benzene rings is 3. The second-order valence-electron chi connectivity index (χ2n) is 20.6. The molecule has 1 aromatic heterocycles. The average molecular weight is 1010 g/mol. The fourth-order valence-corrected chi connectivity index (χ4v) is 10.8. The van der Waals surface area contributed by atoms with Crippen LogP contribution in [0.3, 0.4) is 0 Å². The van der Waals surface area contributed by atoms with E-state index in [1.165, 1.54) is 15.9 Å². The Kier molecular flexibility index (Phi) is 17.3. The number of primary amides is 1. The molecular weight excluding hydrogens is 940 g/mol. The number of aliphatic hydroxyl groups excluding tert-OH is 1. The molecule has 6 amide bonds. The summed E-state index contributed by atoms with van der Waals surface area (Å²) in [7, 11) is 0. The van der Waals surface area contributed by atoms with Gasteiger partial charge in [0.1, 0.15) is 23.9 Å². The van der Waals surface area contributed by atoms with Crippen molar-refractivity contribution in [3.05, 3.63) is 106 Å². The first-order valence-electron chi connectivity index (χ1n) is 25.0. The lowest BCUT2D eigenvalue weighted by Crippen LogP contribution is -2.57. The Balaban J connectivity index is 0.883. The van der Waals surface area contributed by atoms with Crippen LogP contribution in [0.5, 0.6) is 0 Å². The van der Waals surface area contributed by atoms with Crippen LogP contribution in [0.2, 0.25) is 0 Å². The highest BCUT2D eigenvalue weighted by molar-refractivity contribution is 7.13. The number of carbonyl (C=O) groups excluding carboxylic acids is 6. The average Bonchev–Trinajstić information content (AvgIpc) is 4.06. The van der Waals surface area contributed by atoms with E-state index in [0.717, 1.165) is 38.5 Å². The van der Waals surface area contributed by atoms with E-state index < -0.39 is 77.3 Å². The number of halogens is 1. The minimum Gasteiger partial charge on any atom is -0.391 e. The van der Waals surface area contributed by atoms with Crippen molar-refractivity contribution in [3.63, 3.8) is 0 Å². The van der Waals surface area contributed by atoms with Gasteiger partial charge < -0.3 is 42.2 Å². The first kappa shape index (κ1) is 53.7. The molecule has 16 nitrogen and oxygen atoms in total. The summed E-state index contributed by atoms with van der Waals surface area (Å²) in [5.41, 5.74) is 19.3. The van der Waals surface area contributed by atoms with Crippen molar-refractivity contribution in [2.45, 2.75) is 161 Å². The summed E-state index contributed by atoms with van der Waals surface area (Å²) in [6, 6.07) is 14.0. The number of amides is 6. The highest BCUT2D eigenvalue weighted by atomic mass is 32.1. The first-order chi connectivity index (χ1) is 34.2. The zero-order valence-corrected chi connectivity index (χ0v) is 42.9. The van der Waals surface area contributed by atoms with Crippen LogP contribution in [0.15, 0.2) is 66.2 Å². The number of aliphatic hydroxyl groups is 1. The quantitative estimate of drug-likeness (QED) is 0.0631.